The molecular formula is C16H15Cl2F3N2O3. The van der Waals surface area contributed by atoms with E-state index >= 15 is 0 Å². The van der Waals surface area contributed by atoms with Gasteiger partial charge in [0.1, 0.15) is 5.75 Å². The molecule has 0 bridgehead atoms. The number of Topliss-reactive ketones (excluding diaryl/α,β-unsaturated/α-hetero) is 1. The van der Waals surface area contributed by atoms with Crippen molar-refractivity contribution < 1.29 is 27.5 Å². The van der Waals surface area contributed by atoms with Crippen LogP contribution in [0.3, 0.4) is 0 Å². The molecule has 0 radical (unpaired) electrons. The maximum Gasteiger partial charge on any atom is 0.454 e. The van der Waals surface area contributed by atoms with Gasteiger partial charge in [-0.2, -0.15) is 13.2 Å². The topological polar surface area (TPSA) is 67.4 Å². The normalized spacial score (nSPS) is 15.6. The van der Waals surface area contributed by atoms with Gasteiger partial charge in [-0.1, -0.05) is 23.2 Å². The molecule has 1 aliphatic carbocycles. The molecule has 5 nitrogen and oxygen atoms in total. The van der Waals surface area contributed by atoms with Crippen LogP contribution in [-0.2, 0) is 9.59 Å². The van der Waals surface area contributed by atoms with E-state index in [-0.39, 0.29) is 34.9 Å². The minimum absolute atomic E-state index is 0.00296. The second-order valence-corrected chi connectivity index (χ2v) is 6.43. The minimum atomic E-state index is -4.95. The fourth-order valence-corrected chi connectivity index (χ4v) is 2.81. The van der Waals surface area contributed by atoms with Crippen LogP contribution in [0.5, 0.6) is 5.75 Å². The standard InChI is InChI=1S/C16H15Cl2F3N2O3/c1-8(26-13-6-5-9(17)7-11(13)18)15(25)23-22-12-4-2-3-10(12)14(24)16(19,20)21/h5-8,22H,2-4H2,1H3,(H,23,25). The maximum atomic E-state index is 12.6. The number of carbonyl (C=O) groups is 2. The van der Waals surface area contributed by atoms with E-state index in [1.165, 1.54) is 25.1 Å². The minimum Gasteiger partial charge on any atom is -0.479 e. The number of rotatable bonds is 6. The van der Waals surface area contributed by atoms with E-state index in [1.807, 2.05) is 0 Å². The van der Waals surface area contributed by atoms with Crippen LogP contribution in [0.4, 0.5) is 13.2 Å². The summed E-state index contributed by atoms with van der Waals surface area (Å²) in [5, 5.41) is 0.609. The fourth-order valence-electron chi connectivity index (χ4n) is 2.36. The van der Waals surface area contributed by atoms with Gasteiger partial charge in [0.2, 0.25) is 0 Å². The van der Waals surface area contributed by atoms with Gasteiger partial charge in [-0.25, -0.2) is 0 Å². The molecule has 0 aromatic heterocycles. The van der Waals surface area contributed by atoms with E-state index in [1.54, 1.807) is 0 Å². The van der Waals surface area contributed by atoms with Crippen molar-refractivity contribution >= 4 is 34.9 Å². The van der Waals surface area contributed by atoms with Crippen LogP contribution in [0.1, 0.15) is 26.2 Å². The molecule has 1 unspecified atom stereocenters. The van der Waals surface area contributed by atoms with Crippen LogP contribution < -0.4 is 15.6 Å². The average molecular weight is 411 g/mol. The van der Waals surface area contributed by atoms with Crippen molar-refractivity contribution in [2.24, 2.45) is 0 Å². The van der Waals surface area contributed by atoms with Crippen LogP contribution in [-0.4, -0.2) is 24.0 Å². The number of hydrazine groups is 1. The molecule has 1 aromatic carbocycles. The molecule has 2 rings (SSSR count). The van der Waals surface area contributed by atoms with E-state index in [0.717, 1.165) is 0 Å². The van der Waals surface area contributed by atoms with E-state index in [9.17, 15) is 22.8 Å². The van der Waals surface area contributed by atoms with Gasteiger partial charge in [-0.05, 0) is 44.4 Å². The molecule has 142 valence electrons. The van der Waals surface area contributed by atoms with Gasteiger partial charge in [-0.3, -0.25) is 15.0 Å². The highest BCUT2D eigenvalue weighted by Crippen LogP contribution is 2.31. The summed E-state index contributed by atoms with van der Waals surface area (Å²) in [6.07, 6.45) is -5.32. The first kappa shape index (κ1) is 20.4. The number of ether oxygens (including phenoxy) is 1. The lowest BCUT2D eigenvalue weighted by Gasteiger charge is -2.17. The van der Waals surface area contributed by atoms with E-state index in [2.05, 4.69) is 10.9 Å². The van der Waals surface area contributed by atoms with Crippen molar-refractivity contribution in [3.8, 4) is 5.75 Å². The lowest BCUT2D eigenvalue weighted by Crippen LogP contribution is -2.44. The van der Waals surface area contributed by atoms with E-state index < -0.39 is 24.0 Å². The number of alkyl halides is 3. The maximum absolute atomic E-state index is 12.6. The second-order valence-electron chi connectivity index (χ2n) is 5.59. The number of hydrogen-bond donors (Lipinski definition) is 2. The number of halogens is 5. The molecule has 1 amide bonds. The van der Waals surface area contributed by atoms with Gasteiger partial charge in [0.25, 0.3) is 11.7 Å². The molecule has 2 N–H and O–H groups in total. The SMILES string of the molecule is CC(Oc1ccc(Cl)cc1Cl)C(=O)NNC1=C(C(=O)C(F)(F)F)CCC1. The zero-order valence-electron chi connectivity index (χ0n) is 13.5. The average Bonchev–Trinajstić information content (AvgIpc) is 3.01. The molecule has 0 spiro atoms. The summed E-state index contributed by atoms with van der Waals surface area (Å²) in [4.78, 5) is 23.4. The van der Waals surface area contributed by atoms with Gasteiger partial charge >= 0.3 is 6.18 Å². The molecule has 1 atom stereocenters. The molecule has 10 heteroatoms. The molecule has 1 aliphatic rings. The quantitative estimate of drug-likeness (QED) is 0.696. The van der Waals surface area contributed by atoms with Crippen LogP contribution in [0.2, 0.25) is 10.0 Å². The highest BCUT2D eigenvalue weighted by molar-refractivity contribution is 6.35. The number of amides is 1. The second kappa shape index (κ2) is 8.18. The predicted octanol–water partition coefficient (Wildman–Crippen LogP) is 3.95. The van der Waals surface area contributed by atoms with Crippen molar-refractivity contribution in [1.82, 2.24) is 10.9 Å². The summed E-state index contributed by atoms with van der Waals surface area (Å²) in [6, 6.07) is 4.46. The van der Waals surface area contributed by atoms with Gasteiger partial charge in [0.05, 0.1) is 5.02 Å². The summed E-state index contributed by atoms with van der Waals surface area (Å²) in [5.74, 6) is -2.31. The zero-order chi connectivity index (χ0) is 19.5. The van der Waals surface area contributed by atoms with Crippen molar-refractivity contribution in [2.45, 2.75) is 38.5 Å². The Bertz CT molecular complexity index is 751. The molecule has 0 aliphatic heterocycles. The number of allylic oxidation sites excluding steroid dienone is 2. The Labute approximate surface area is 157 Å². The Morgan fingerprint density at radius 3 is 2.54 bits per heavy atom. The van der Waals surface area contributed by atoms with Crippen molar-refractivity contribution in [2.75, 3.05) is 0 Å². The van der Waals surface area contributed by atoms with Crippen LogP contribution in [0.25, 0.3) is 0 Å². The van der Waals surface area contributed by atoms with Gasteiger partial charge in [0, 0.05) is 16.3 Å². The van der Waals surface area contributed by atoms with Crippen LogP contribution in [0.15, 0.2) is 29.5 Å². The Morgan fingerprint density at radius 1 is 1.23 bits per heavy atom. The summed E-state index contributed by atoms with van der Waals surface area (Å²) >= 11 is 11.7. The number of nitrogens with one attached hydrogen (secondary N) is 2. The number of carbonyl (C=O) groups excluding carboxylic acids is 2. The number of ketones is 1. The summed E-state index contributed by atoms with van der Waals surface area (Å²) in [6.45, 7) is 1.44. The monoisotopic (exact) mass is 410 g/mol. The Balaban J connectivity index is 1.98. The van der Waals surface area contributed by atoms with Crippen molar-refractivity contribution in [3.63, 3.8) is 0 Å². The summed E-state index contributed by atoms with van der Waals surface area (Å²) in [7, 11) is 0. The number of benzene rings is 1. The molecule has 0 saturated heterocycles. The Kier molecular flexibility index (Phi) is 6.41. The number of hydrogen-bond acceptors (Lipinski definition) is 4. The van der Waals surface area contributed by atoms with E-state index in [4.69, 9.17) is 27.9 Å². The highest BCUT2D eigenvalue weighted by atomic mass is 35.5. The third kappa shape index (κ3) is 5.04. The first-order valence-electron chi connectivity index (χ1n) is 7.60. The third-order valence-corrected chi connectivity index (χ3v) is 4.18. The lowest BCUT2D eigenvalue weighted by atomic mass is 10.1. The molecular weight excluding hydrogens is 396 g/mol. The van der Waals surface area contributed by atoms with Crippen molar-refractivity contribution in [3.05, 3.63) is 39.5 Å². The molecule has 26 heavy (non-hydrogen) atoms. The fraction of sp³-hybridized carbons (Fsp3) is 0.375. The van der Waals surface area contributed by atoms with Crippen LogP contribution >= 0.6 is 23.2 Å². The van der Waals surface area contributed by atoms with Crippen molar-refractivity contribution in [1.29, 1.82) is 0 Å². The summed E-state index contributed by atoms with van der Waals surface area (Å²) < 4.78 is 43.1. The predicted molar refractivity (Wildman–Crippen MR) is 89.8 cm³/mol. The smallest absolute Gasteiger partial charge is 0.454 e. The largest absolute Gasteiger partial charge is 0.479 e. The molecule has 0 fully saturated rings. The highest BCUT2D eigenvalue weighted by Gasteiger charge is 2.42. The Morgan fingerprint density at radius 2 is 1.92 bits per heavy atom. The summed E-state index contributed by atoms with van der Waals surface area (Å²) in [5.41, 5.74) is 4.34. The first-order chi connectivity index (χ1) is 12.1. The van der Waals surface area contributed by atoms with Gasteiger partial charge in [-0.15, -0.1) is 0 Å². The lowest BCUT2D eigenvalue weighted by molar-refractivity contribution is -0.166. The van der Waals surface area contributed by atoms with Gasteiger partial charge in [0.15, 0.2) is 6.10 Å². The van der Waals surface area contributed by atoms with E-state index in [0.29, 0.717) is 11.4 Å². The van der Waals surface area contributed by atoms with Crippen LogP contribution in [0, 0.1) is 0 Å². The molecule has 0 heterocycles. The molecule has 0 saturated carbocycles. The molecule has 1 aromatic rings. The van der Waals surface area contributed by atoms with Gasteiger partial charge < -0.3 is 10.2 Å². The zero-order valence-corrected chi connectivity index (χ0v) is 15.1. The third-order valence-electron chi connectivity index (χ3n) is 3.65. The Hall–Kier alpha value is -1.93. The first-order valence-corrected chi connectivity index (χ1v) is 8.36.